The van der Waals surface area contributed by atoms with Crippen LogP contribution >= 0.6 is 27.3 Å². The predicted molar refractivity (Wildman–Crippen MR) is 77.7 cm³/mol. The lowest BCUT2D eigenvalue weighted by molar-refractivity contribution is 0.0700. The highest BCUT2D eigenvalue weighted by Gasteiger charge is 2.26. The quantitative estimate of drug-likeness (QED) is 0.842. The second-order valence-electron chi connectivity index (χ2n) is 4.77. The largest absolute Gasteiger partial charge is 0.477 e. The Kier molecular flexibility index (Phi) is 3.16. The summed E-state index contributed by atoms with van der Waals surface area (Å²) in [7, 11) is 0. The van der Waals surface area contributed by atoms with Crippen molar-refractivity contribution in [3.05, 3.63) is 33.1 Å². The van der Waals surface area contributed by atoms with Gasteiger partial charge in [0, 0.05) is 9.17 Å². The van der Waals surface area contributed by atoms with Crippen molar-refractivity contribution < 1.29 is 9.90 Å². The predicted octanol–water partition coefficient (Wildman–Crippen LogP) is 5.02. The molecule has 18 heavy (non-hydrogen) atoms. The minimum Gasteiger partial charge on any atom is -0.477 e. The molecule has 1 fully saturated rings. The van der Waals surface area contributed by atoms with E-state index in [1.165, 1.54) is 24.2 Å². The molecule has 1 aliphatic carbocycles. The third-order valence-electron chi connectivity index (χ3n) is 3.65. The van der Waals surface area contributed by atoms with Gasteiger partial charge in [-0.25, -0.2) is 4.79 Å². The maximum absolute atomic E-state index is 11.4. The van der Waals surface area contributed by atoms with Gasteiger partial charge in [-0.15, -0.1) is 11.3 Å². The highest BCUT2D eigenvalue weighted by Crippen LogP contribution is 2.43. The molecule has 0 atom stereocenters. The highest BCUT2D eigenvalue weighted by molar-refractivity contribution is 9.10. The van der Waals surface area contributed by atoms with Gasteiger partial charge >= 0.3 is 5.97 Å². The fourth-order valence-corrected chi connectivity index (χ4v) is 4.55. The molecule has 0 amide bonds. The van der Waals surface area contributed by atoms with E-state index in [0.29, 0.717) is 10.8 Å². The molecule has 0 spiro atoms. The van der Waals surface area contributed by atoms with Crippen LogP contribution < -0.4 is 0 Å². The van der Waals surface area contributed by atoms with Crippen LogP contribution in [-0.4, -0.2) is 11.1 Å². The molecule has 1 saturated carbocycles. The molecule has 1 heterocycles. The zero-order valence-corrected chi connectivity index (χ0v) is 12.2. The van der Waals surface area contributed by atoms with Crippen molar-refractivity contribution in [3.63, 3.8) is 0 Å². The summed E-state index contributed by atoms with van der Waals surface area (Å²) in [5.41, 5.74) is 1.08. The number of fused-ring (bicyclic) bond motifs is 1. The van der Waals surface area contributed by atoms with Crippen molar-refractivity contribution in [2.45, 2.75) is 31.6 Å². The van der Waals surface area contributed by atoms with Crippen LogP contribution in [0.25, 0.3) is 10.1 Å². The van der Waals surface area contributed by atoms with Crippen LogP contribution in [0.5, 0.6) is 0 Å². The Morgan fingerprint density at radius 2 is 2.06 bits per heavy atom. The van der Waals surface area contributed by atoms with Crippen molar-refractivity contribution in [1.29, 1.82) is 0 Å². The topological polar surface area (TPSA) is 37.3 Å². The van der Waals surface area contributed by atoms with E-state index in [1.807, 2.05) is 12.1 Å². The van der Waals surface area contributed by atoms with E-state index in [9.17, 15) is 9.90 Å². The van der Waals surface area contributed by atoms with Crippen LogP contribution in [0, 0.1) is 0 Å². The third-order valence-corrected chi connectivity index (χ3v) is 5.30. The van der Waals surface area contributed by atoms with E-state index >= 15 is 0 Å². The van der Waals surface area contributed by atoms with Gasteiger partial charge in [0.1, 0.15) is 4.88 Å². The number of hydrogen-bond acceptors (Lipinski definition) is 2. The van der Waals surface area contributed by atoms with Crippen molar-refractivity contribution in [1.82, 2.24) is 0 Å². The number of halogens is 1. The molecule has 3 rings (SSSR count). The van der Waals surface area contributed by atoms with E-state index in [0.717, 1.165) is 33.0 Å². The minimum absolute atomic E-state index is 0.436. The highest BCUT2D eigenvalue weighted by atomic mass is 79.9. The van der Waals surface area contributed by atoms with Crippen LogP contribution in [0.1, 0.15) is 46.8 Å². The number of hydrogen-bond donors (Lipinski definition) is 1. The standard InChI is InChI=1S/C14H13BrO2S/c15-9-5-6-10-11(7-9)18-13(14(16)17)12(10)8-3-1-2-4-8/h5-8H,1-4H2,(H,16,17). The zero-order chi connectivity index (χ0) is 12.7. The smallest absolute Gasteiger partial charge is 0.346 e. The molecule has 1 aromatic heterocycles. The first kappa shape index (κ1) is 12.2. The minimum atomic E-state index is -0.783. The summed E-state index contributed by atoms with van der Waals surface area (Å²) >= 11 is 4.85. The molecule has 0 radical (unpaired) electrons. The van der Waals surface area contributed by atoms with Crippen molar-refractivity contribution in [3.8, 4) is 0 Å². The average molecular weight is 325 g/mol. The molecule has 1 aliphatic rings. The molecule has 2 nitrogen and oxygen atoms in total. The number of carbonyl (C=O) groups is 1. The molecule has 1 N–H and O–H groups in total. The summed E-state index contributed by atoms with van der Waals surface area (Å²) in [5.74, 6) is -0.347. The first-order valence-corrected chi connectivity index (χ1v) is 7.73. The summed E-state index contributed by atoms with van der Waals surface area (Å²) in [6.07, 6.45) is 4.69. The van der Waals surface area contributed by atoms with Gasteiger partial charge in [0.2, 0.25) is 0 Å². The fourth-order valence-electron chi connectivity index (χ4n) is 2.87. The number of thiophene rings is 1. The van der Waals surface area contributed by atoms with Crippen LogP contribution in [0.2, 0.25) is 0 Å². The Labute approximate surface area is 118 Å². The van der Waals surface area contributed by atoms with Crippen molar-refractivity contribution >= 4 is 43.3 Å². The summed E-state index contributed by atoms with van der Waals surface area (Å²) in [6.45, 7) is 0. The van der Waals surface area contributed by atoms with Gasteiger partial charge in [-0.3, -0.25) is 0 Å². The first-order chi connectivity index (χ1) is 8.66. The number of rotatable bonds is 2. The first-order valence-electron chi connectivity index (χ1n) is 6.12. The van der Waals surface area contributed by atoms with Gasteiger partial charge in [-0.1, -0.05) is 34.8 Å². The third kappa shape index (κ3) is 1.97. The van der Waals surface area contributed by atoms with Crippen LogP contribution in [0.15, 0.2) is 22.7 Å². The lowest BCUT2D eigenvalue weighted by Crippen LogP contribution is -2.01. The summed E-state index contributed by atoms with van der Waals surface area (Å²) < 4.78 is 2.08. The van der Waals surface area contributed by atoms with E-state index in [1.54, 1.807) is 0 Å². The molecule has 0 unspecified atom stereocenters. The summed E-state index contributed by atoms with van der Waals surface area (Å²) in [5, 5.41) is 10.5. The number of aromatic carboxylic acids is 1. The van der Waals surface area contributed by atoms with Gasteiger partial charge in [0.15, 0.2) is 0 Å². The fraction of sp³-hybridized carbons (Fsp3) is 0.357. The second kappa shape index (κ2) is 4.67. The van der Waals surface area contributed by atoms with E-state index in [4.69, 9.17) is 0 Å². The number of carboxylic acids is 1. The van der Waals surface area contributed by atoms with E-state index < -0.39 is 5.97 Å². The van der Waals surface area contributed by atoms with Crippen LogP contribution in [-0.2, 0) is 0 Å². The molecule has 0 aliphatic heterocycles. The molecular weight excluding hydrogens is 312 g/mol. The SMILES string of the molecule is O=C(O)c1sc2cc(Br)ccc2c1C1CCCC1. The zero-order valence-electron chi connectivity index (χ0n) is 9.78. The molecule has 4 heteroatoms. The van der Waals surface area contributed by atoms with Crippen LogP contribution in [0.4, 0.5) is 0 Å². The Balaban J connectivity index is 2.24. The van der Waals surface area contributed by atoms with E-state index in [2.05, 4.69) is 22.0 Å². The molecule has 1 aromatic carbocycles. The summed E-state index contributed by atoms with van der Waals surface area (Å²) in [4.78, 5) is 12.0. The maximum atomic E-state index is 11.4. The summed E-state index contributed by atoms with van der Waals surface area (Å²) in [6, 6.07) is 6.07. The second-order valence-corrected chi connectivity index (χ2v) is 6.74. The van der Waals surface area contributed by atoms with E-state index in [-0.39, 0.29) is 0 Å². The van der Waals surface area contributed by atoms with Gasteiger partial charge in [-0.05, 0) is 41.8 Å². The maximum Gasteiger partial charge on any atom is 0.346 e. The number of benzene rings is 1. The molecular formula is C14H13BrO2S. The number of carboxylic acid groups (broad SMARTS) is 1. The van der Waals surface area contributed by atoms with Gasteiger partial charge in [0.05, 0.1) is 0 Å². The lowest BCUT2D eigenvalue weighted by atomic mass is 9.94. The lowest BCUT2D eigenvalue weighted by Gasteiger charge is -2.09. The Morgan fingerprint density at radius 1 is 1.33 bits per heavy atom. The van der Waals surface area contributed by atoms with Gasteiger partial charge in [-0.2, -0.15) is 0 Å². The normalized spacial score (nSPS) is 16.5. The Morgan fingerprint density at radius 3 is 2.72 bits per heavy atom. The van der Waals surface area contributed by atoms with Gasteiger partial charge in [0.25, 0.3) is 0 Å². The van der Waals surface area contributed by atoms with Crippen LogP contribution in [0.3, 0.4) is 0 Å². The molecule has 0 bridgehead atoms. The van der Waals surface area contributed by atoms with Gasteiger partial charge < -0.3 is 5.11 Å². The molecule has 94 valence electrons. The Hall–Kier alpha value is -0.870. The average Bonchev–Trinajstić information content (AvgIpc) is 2.92. The molecule has 2 aromatic rings. The van der Waals surface area contributed by atoms with Crippen molar-refractivity contribution in [2.75, 3.05) is 0 Å². The monoisotopic (exact) mass is 324 g/mol. The molecule has 0 saturated heterocycles. The van der Waals surface area contributed by atoms with Crippen molar-refractivity contribution in [2.24, 2.45) is 0 Å². The Bertz CT molecular complexity index is 612.